The van der Waals surface area contributed by atoms with E-state index >= 15 is 0 Å². The largest absolute Gasteiger partial charge is 0.394 e. The third-order valence-corrected chi connectivity index (χ3v) is 8.73. The van der Waals surface area contributed by atoms with Gasteiger partial charge in [-0.05, 0) is 54.5 Å². The number of sulfonamides is 1. The normalized spacial score (nSPS) is 21.2. The Balaban J connectivity index is 1.34. The van der Waals surface area contributed by atoms with Gasteiger partial charge in [-0.1, -0.05) is 30.3 Å². The lowest BCUT2D eigenvalue weighted by Crippen LogP contribution is -2.53. The summed E-state index contributed by atoms with van der Waals surface area (Å²) in [5.74, 6) is 4.85. The average molecular weight is 545 g/mol. The zero-order valence-corrected chi connectivity index (χ0v) is 22.1. The van der Waals surface area contributed by atoms with E-state index in [1.807, 2.05) is 29.2 Å². The zero-order valence-electron chi connectivity index (χ0n) is 21.3. The summed E-state index contributed by atoms with van der Waals surface area (Å²) in [6.07, 6.45) is 5.31. The van der Waals surface area contributed by atoms with E-state index in [2.05, 4.69) is 15.1 Å². The Hall–Kier alpha value is -3.22. The fraction of sp³-hybridized carbons (Fsp3) is 0.500. The maximum absolute atomic E-state index is 13.3. The van der Waals surface area contributed by atoms with Crippen LogP contribution in [0.2, 0.25) is 0 Å². The van der Waals surface area contributed by atoms with E-state index in [9.17, 15) is 23.1 Å². The van der Waals surface area contributed by atoms with Crippen LogP contribution >= 0.6 is 0 Å². The van der Waals surface area contributed by atoms with Crippen molar-refractivity contribution in [1.82, 2.24) is 19.8 Å². The summed E-state index contributed by atoms with van der Waals surface area (Å²) in [4.78, 5) is 29.5. The summed E-state index contributed by atoms with van der Waals surface area (Å²) in [6.45, 7) is 1.63. The molecular weight excluding hydrogens is 508 g/mol. The van der Waals surface area contributed by atoms with Crippen LogP contribution in [0.5, 0.6) is 0 Å². The van der Waals surface area contributed by atoms with Gasteiger partial charge in [0.2, 0.25) is 21.8 Å². The lowest BCUT2D eigenvalue weighted by molar-refractivity contribution is -0.135. The molecule has 2 aliphatic heterocycles. The number of carbonyl (C=O) groups excluding carboxylic acids is 2. The van der Waals surface area contributed by atoms with Crippen molar-refractivity contribution in [2.24, 2.45) is 16.9 Å². The van der Waals surface area contributed by atoms with Crippen LogP contribution in [0.15, 0.2) is 52.5 Å². The smallest absolute Gasteiger partial charge is 0.243 e. The van der Waals surface area contributed by atoms with E-state index in [0.29, 0.717) is 19.4 Å². The predicted octanol–water partition coefficient (Wildman–Crippen LogP) is 0.590. The minimum Gasteiger partial charge on any atom is -0.394 e. The van der Waals surface area contributed by atoms with E-state index in [1.165, 1.54) is 6.07 Å². The highest BCUT2D eigenvalue weighted by atomic mass is 32.2. The summed E-state index contributed by atoms with van der Waals surface area (Å²) in [7, 11) is -4.05. The van der Waals surface area contributed by atoms with Crippen LogP contribution in [-0.4, -0.2) is 86.3 Å². The lowest BCUT2D eigenvalue weighted by Gasteiger charge is -2.31. The Labute approximate surface area is 223 Å². The molecule has 0 aliphatic carbocycles. The van der Waals surface area contributed by atoms with Gasteiger partial charge in [-0.3, -0.25) is 9.59 Å². The second-order valence-electron chi connectivity index (χ2n) is 9.97. The molecule has 12 heteroatoms. The summed E-state index contributed by atoms with van der Waals surface area (Å²) in [5.41, 5.74) is 0. The number of nitrogens with one attached hydrogen (secondary N) is 2. The van der Waals surface area contributed by atoms with Gasteiger partial charge in [0.15, 0.2) is 0 Å². The van der Waals surface area contributed by atoms with Gasteiger partial charge < -0.3 is 26.1 Å². The van der Waals surface area contributed by atoms with Gasteiger partial charge in [0, 0.05) is 38.6 Å². The second kappa shape index (κ2) is 12.5. The van der Waals surface area contributed by atoms with Crippen molar-refractivity contribution in [3.8, 4) is 0 Å². The van der Waals surface area contributed by atoms with Crippen molar-refractivity contribution in [1.29, 1.82) is 0 Å². The molecule has 2 aliphatic rings. The molecule has 5 N–H and O–H groups in total. The number of nitrogens with zero attached hydrogens (tertiary/aromatic N) is 3. The Bertz CT molecular complexity index is 1270. The Morgan fingerprint density at radius 3 is 2.66 bits per heavy atom. The minimum atomic E-state index is -4.05. The van der Waals surface area contributed by atoms with Crippen LogP contribution in [0, 0.1) is 5.92 Å². The molecule has 2 heterocycles. The molecule has 0 aromatic heterocycles. The Kier molecular flexibility index (Phi) is 9.18. The minimum absolute atomic E-state index is 0.0201. The lowest BCUT2D eigenvalue weighted by atomic mass is 9.95. The van der Waals surface area contributed by atoms with Gasteiger partial charge in [-0.25, -0.2) is 8.42 Å². The predicted molar refractivity (Wildman–Crippen MR) is 144 cm³/mol. The molecule has 2 aromatic rings. The molecule has 2 unspecified atom stereocenters. The third-order valence-electron chi connectivity index (χ3n) is 7.26. The van der Waals surface area contributed by atoms with E-state index in [4.69, 9.17) is 5.84 Å². The van der Waals surface area contributed by atoms with Crippen molar-refractivity contribution in [3.63, 3.8) is 0 Å². The molecule has 4 rings (SSSR count). The SMILES string of the molecule is NN=CN1CCCC(CC(=O)NCC2CCCN2C(=O)[C@H](CO)NS(=O)(=O)c2ccc3ccccc3c2)C1. The number of likely N-dealkylation sites (tertiary alicyclic amines) is 2. The van der Waals surface area contributed by atoms with Crippen LogP contribution in [0.1, 0.15) is 32.1 Å². The highest BCUT2D eigenvalue weighted by molar-refractivity contribution is 7.89. The number of nitrogens with two attached hydrogens (primary N) is 1. The van der Waals surface area contributed by atoms with Gasteiger partial charge in [-0.2, -0.15) is 9.82 Å². The highest BCUT2D eigenvalue weighted by Crippen LogP contribution is 2.22. The summed E-state index contributed by atoms with van der Waals surface area (Å²) >= 11 is 0. The number of carbonyl (C=O) groups is 2. The molecule has 2 amide bonds. The van der Waals surface area contributed by atoms with E-state index in [1.54, 1.807) is 23.4 Å². The van der Waals surface area contributed by atoms with Crippen molar-refractivity contribution >= 4 is 38.9 Å². The number of piperidine rings is 1. The number of benzene rings is 2. The maximum Gasteiger partial charge on any atom is 0.243 e. The molecule has 0 saturated carbocycles. The molecule has 206 valence electrons. The number of amides is 2. The maximum atomic E-state index is 13.3. The molecule has 11 nitrogen and oxygen atoms in total. The first-order valence-electron chi connectivity index (χ1n) is 13.0. The van der Waals surface area contributed by atoms with Gasteiger partial charge >= 0.3 is 0 Å². The van der Waals surface area contributed by atoms with Crippen molar-refractivity contribution in [2.45, 2.75) is 49.1 Å². The summed E-state index contributed by atoms with van der Waals surface area (Å²) < 4.78 is 28.5. The van der Waals surface area contributed by atoms with Crippen LogP contribution in [0.3, 0.4) is 0 Å². The van der Waals surface area contributed by atoms with Gasteiger partial charge in [0.25, 0.3) is 0 Å². The molecule has 38 heavy (non-hydrogen) atoms. The number of aliphatic hydroxyl groups excluding tert-OH is 1. The molecular formula is C26H36N6O5S. The molecule has 0 radical (unpaired) electrons. The average Bonchev–Trinajstić information content (AvgIpc) is 3.39. The molecule has 2 aromatic carbocycles. The number of hydrazone groups is 1. The van der Waals surface area contributed by atoms with Gasteiger partial charge in [0.05, 0.1) is 11.5 Å². The van der Waals surface area contributed by atoms with Crippen LogP contribution < -0.4 is 15.9 Å². The monoisotopic (exact) mass is 544 g/mol. The van der Waals surface area contributed by atoms with Crippen LogP contribution in [-0.2, 0) is 19.6 Å². The van der Waals surface area contributed by atoms with E-state index in [0.717, 1.165) is 43.1 Å². The Morgan fingerprint density at radius 1 is 1.13 bits per heavy atom. The number of fused-ring (bicyclic) bond motifs is 1. The zero-order chi connectivity index (χ0) is 27.1. The highest BCUT2D eigenvalue weighted by Gasteiger charge is 2.35. The summed E-state index contributed by atoms with van der Waals surface area (Å²) in [5, 5.41) is 18.1. The first kappa shape index (κ1) is 27.8. The number of hydrogen-bond donors (Lipinski definition) is 4. The molecule has 2 fully saturated rings. The van der Waals surface area contributed by atoms with Crippen LogP contribution in [0.4, 0.5) is 0 Å². The Morgan fingerprint density at radius 2 is 1.89 bits per heavy atom. The molecule has 3 atom stereocenters. The first-order chi connectivity index (χ1) is 18.3. The van der Waals surface area contributed by atoms with Crippen LogP contribution in [0.25, 0.3) is 10.8 Å². The fourth-order valence-corrected chi connectivity index (χ4v) is 6.54. The van der Waals surface area contributed by atoms with E-state index in [-0.39, 0.29) is 29.3 Å². The van der Waals surface area contributed by atoms with Gasteiger partial charge in [-0.15, -0.1) is 0 Å². The first-order valence-corrected chi connectivity index (χ1v) is 14.5. The fourth-order valence-electron chi connectivity index (χ4n) is 5.32. The molecule has 2 saturated heterocycles. The van der Waals surface area contributed by atoms with Crippen molar-refractivity contribution in [3.05, 3.63) is 42.5 Å². The standard InChI is InChI=1S/C26H36N6O5S/c27-29-18-31-11-3-5-19(16-31)13-25(34)28-15-22-8-4-12-32(22)26(35)24(17-33)30-38(36,37)23-10-9-20-6-1-2-7-21(20)14-23/h1-2,6-7,9-10,14,18-19,22,24,30,33H,3-5,8,11-13,15-17,27H2,(H,28,34)/t19?,22?,24-/m0/s1. The topological polar surface area (TPSA) is 157 Å². The number of hydrogen-bond acceptors (Lipinski definition) is 7. The molecule has 0 spiro atoms. The van der Waals surface area contributed by atoms with Gasteiger partial charge in [0.1, 0.15) is 12.4 Å². The number of rotatable bonds is 10. The second-order valence-corrected chi connectivity index (χ2v) is 11.7. The number of aliphatic hydroxyl groups is 1. The molecule has 0 bridgehead atoms. The van der Waals surface area contributed by atoms with Crippen molar-refractivity contribution < 1.29 is 23.1 Å². The van der Waals surface area contributed by atoms with Crippen molar-refractivity contribution in [2.75, 3.05) is 32.8 Å². The van der Waals surface area contributed by atoms with E-state index < -0.39 is 28.6 Å². The third kappa shape index (κ3) is 6.80. The quantitative estimate of drug-likeness (QED) is 0.148. The summed E-state index contributed by atoms with van der Waals surface area (Å²) in [6, 6.07) is 10.5.